The number of amides is 2. The van der Waals surface area contributed by atoms with Crippen LogP contribution in [0.4, 0.5) is 10.1 Å². The highest BCUT2D eigenvalue weighted by atomic mass is 19.1. The van der Waals surface area contributed by atoms with Gasteiger partial charge in [0.25, 0.3) is 17.5 Å². The van der Waals surface area contributed by atoms with Crippen molar-refractivity contribution in [1.82, 2.24) is 4.90 Å². The first kappa shape index (κ1) is 13.9. The molecule has 0 aliphatic carbocycles. The van der Waals surface area contributed by atoms with E-state index in [9.17, 15) is 24.1 Å². The second-order valence-electron chi connectivity index (χ2n) is 4.78. The molecule has 1 heterocycles. The molecule has 22 heavy (non-hydrogen) atoms. The van der Waals surface area contributed by atoms with E-state index in [4.69, 9.17) is 0 Å². The van der Waals surface area contributed by atoms with Gasteiger partial charge in [-0.05, 0) is 23.8 Å². The molecular formula is C15H9FN2O4. The Bertz CT molecular complexity index is 819. The molecule has 0 aromatic heterocycles. The maximum atomic E-state index is 13.2. The summed E-state index contributed by atoms with van der Waals surface area (Å²) in [5.41, 5.74) is -0.195. The Kier molecular flexibility index (Phi) is 3.17. The molecule has 7 heteroatoms. The smallest absolute Gasteiger partial charge is 0.270 e. The second kappa shape index (κ2) is 5.03. The Labute approximate surface area is 123 Å². The lowest BCUT2D eigenvalue weighted by Crippen LogP contribution is -2.29. The van der Waals surface area contributed by atoms with Crippen molar-refractivity contribution < 1.29 is 18.9 Å². The van der Waals surface area contributed by atoms with Gasteiger partial charge in [0.05, 0.1) is 17.0 Å². The van der Waals surface area contributed by atoms with Crippen LogP contribution in [0.25, 0.3) is 0 Å². The lowest BCUT2D eigenvalue weighted by Gasteiger charge is -2.13. The zero-order valence-corrected chi connectivity index (χ0v) is 11.2. The number of carbonyl (C=O) groups excluding carboxylic acids is 2. The maximum absolute atomic E-state index is 13.2. The summed E-state index contributed by atoms with van der Waals surface area (Å²) in [7, 11) is 0. The average Bonchev–Trinajstić information content (AvgIpc) is 2.72. The van der Waals surface area contributed by atoms with Gasteiger partial charge in [-0.15, -0.1) is 0 Å². The van der Waals surface area contributed by atoms with Gasteiger partial charge in [0.1, 0.15) is 11.4 Å². The molecule has 0 fully saturated rings. The Hall–Kier alpha value is -3.09. The summed E-state index contributed by atoms with van der Waals surface area (Å²) in [5, 5.41) is 11.0. The molecule has 0 bridgehead atoms. The monoisotopic (exact) mass is 300 g/mol. The van der Waals surface area contributed by atoms with Crippen LogP contribution in [0.15, 0.2) is 42.5 Å². The van der Waals surface area contributed by atoms with Crippen LogP contribution in [0.3, 0.4) is 0 Å². The number of rotatable bonds is 3. The fourth-order valence-electron chi connectivity index (χ4n) is 2.43. The van der Waals surface area contributed by atoms with Gasteiger partial charge in [-0.1, -0.05) is 18.2 Å². The predicted octanol–water partition coefficient (Wildman–Crippen LogP) is 2.53. The van der Waals surface area contributed by atoms with E-state index in [0.717, 1.165) is 4.90 Å². The molecule has 0 unspecified atom stereocenters. The van der Waals surface area contributed by atoms with E-state index >= 15 is 0 Å². The highest BCUT2D eigenvalue weighted by molar-refractivity contribution is 6.23. The summed E-state index contributed by atoms with van der Waals surface area (Å²) < 4.78 is 13.2. The van der Waals surface area contributed by atoms with Crippen molar-refractivity contribution in [2.24, 2.45) is 0 Å². The van der Waals surface area contributed by atoms with Gasteiger partial charge in [0, 0.05) is 6.07 Å². The maximum Gasteiger partial charge on any atom is 0.282 e. The van der Waals surface area contributed by atoms with Gasteiger partial charge < -0.3 is 0 Å². The van der Waals surface area contributed by atoms with Gasteiger partial charge in [0.2, 0.25) is 0 Å². The summed E-state index contributed by atoms with van der Waals surface area (Å²) in [5.74, 6) is -1.84. The number of halogens is 1. The molecule has 0 N–H and O–H groups in total. The van der Waals surface area contributed by atoms with Gasteiger partial charge >= 0.3 is 0 Å². The molecule has 1 aliphatic heterocycles. The van der Waals surface area contributed by atoms with E-state index in [1.165, 1.54) is 36.4 Å². The number of nitrogens with zero attached hydrogens (tertiary/aromatic N) is 2. The Morgan fingerprint density at radius 3 is 2.50 bits per heavy atom. The first-order valence-electron chi connectivity index (χ1n) is 6.37. The lowest BCUT2D eigenvalue weighted by atomic mass is 10.1. The largest absolute Gasteiger partial charge is 0.282 e. The van der Waals surface area contributed by atoms with Crippen LogP contribution in [0.1, 0.15) is 26.3 Å². The minimum absolute atomic E-state index is 0.00407. The van der Waals surface area contributed by atoms with Gasteiger partial charge in [0.15, 0.2) is 0 Å². The molecule has 0 atom stereocenters. The summed E-state index contributed by atoms with van der Waals surface area (Å²) >= 11 is 0. The number of fused-ring (bicyclic) bond motifs is 1. The third-order valence-corrected chi connectivity index (χ3v) is 3.40. The molecule has 2 aromatic carbocycles. The number of benzene rings is 2. The highest BCUT2D eigenvalue weighted by Crippen LogP contribution is 2.31. The number of imide groups is 1. The first-order valence-corrected chi connectivity index (χ1v) is 6.37. The van der Waals surface area contributed by atoms with E-state index in [1.54, 1.807) is 6.07 Å². The number of nitro groups is 1. The van der Waals surface area contributed by atoms with E-state index in [1.807, 2.05) is 0 Å². The van der Waals surface area contributed by atoms with Crippen LogP contribution < -0.4 is 0 Å². The van der Waals surface area contributed by atoms with Crippen molar-refractivity contribution in [2.75, 3.05) is 0 Å². The van der Waals surface area contributed by atoms with Crippen molar-refractivity contribution in [1.29, 1.82) is 0 Å². The molecule has 2 amide bonds. The third-order valence-electron chi connectivity index (χ3n) is 3.40. The predicted molar refractivity (Wildman–Crippen MR) is 73.7 cm³/mol. The zero-order valence-electron chi connectivity index (χ0n) is 11.2. The number of carbonyl (C=O) groups is 2. The van der Waals surface area contributed by atoms with E-state index in [2.05, 4.69) is 0 Å². The summed E-state index contributed by atoms with van der Waals surface area (Å²) in [6, 6.07) is 9.39. The second-order valence-corrected chi connectivity index (χ2v) is 4.78. The Morgan fingerprint density at radius 1 is 1.09 bits per heavy atom. The summed E-state index contributed by atoms with van der Waals surface area (Å²) in [6.45, 7) is -0.138. The van der Waals surface area contributed by atoms with Crippen molar-refractivity contribution in [3.05, 3.63) is 75.1 Å². The van der Waals surface area contributed by atoms with Crippen molar-refractivity contribution in [3.63, 3.8) is 0 Å². The minimum Gasteiger partial charge on any atom is -0.270 e. The van der Waals surface area contributed by atoms with Crippen LogP contribution in [0.5, 0.6) is 0 Å². The normalized spacial score (nSPS) is 13.4. The quantitative estimate of drug-likeness (QED) is 0.495. The van der Waals surface area contributed by atoms with Crippen LogP contribution >= 0.6 is 0 Å². The zero-order chi connectivity index (χ0) is 15.9. The van der Waals surface area contributed by atoms with Crippen LogP contribution in [-0.2, 0) is 6.54 Å². The van der Waals surface area contributed by atoms with E-state index in [0.29, 0.717) is 5.56 Å². The van der Waals surface area contributed by atoms with E-state index < -0.39 is 28.2 Å². The highest BCUT2D eigenvalue weighted by Gasteiger charge is 2.40. The SMILES string of the molecule is O=C1c2cccc([N+](=O)[O-])c2C(=O)N1Cc1cccc(F)c1. The van der Waals surface area contributed by atoms with Crippen LogP contribution in [0, 0.1) is 15.9 Å². The fraction of sp³-hybridized carbons (Fsp3) is 0.0667. The number of hydrogen-bond donors (Lipinski definition) is 0. The molecule has 0 spiro atoms. The Balaban J connectivity index is 2.00. The molecular weight excluding hydrogens is 291 g/mol. The Morgan fingerprint density at radius 2 is 1.82 bits per heavy atom. The minimum atomic E-state index is -0.739. The molecule has 0 saturated carbocycles. The number of hydrogen-bond acceptors (Lipinski definition) is 4. The van der Waals surface area contributed by atoms with Gasteiger partial charge in [-0.3, -0.25) is 24.6 Å². The molecule has 0 radical (unpaired) electrons. The van der Waals surface area contributed by atoms with Crippen LogP contribution in [-0.4, -0.2) is 21.6 Å². The molecule has 3 rings (SSSR count). The van der Waals surface area contributed by atoms with E-state index in [-0.39, 0.29) is 17.7 Å². The third kappa shape index (κ3) is 2.12. The van der Waals surface area contributed by atoms with Crippen molar-refractivity contribution in [3.8, 4) is 0 Å². The average molecular weight is 300 g/mol. The first-order chi connectivity index (χ1) is 10.5. The van der Waals surface area contributed by atoms with Gasteiger partial charge in [-0.2, -0.15) is 0 Å². The molecule has 110 valence electrons. The van der Waals surface area contributed by atoms with Crippen molar-refractivity contribution in [2.45, 2.75) is 6.54 Å². The summed E-state index contributed by atoms with van der Waals surface area (Å²) in [4.78, 5) is 35.8. The molecule has 6 nitrogen and oxygen atoms in total. The lowest BCUT2D eigenvalue weighted by molar-refractivity contribution is -0.385. The standard InChI is InChI=1S/C15H9FN2O4/c16-10-4-1-3-9(7-10)8-17-14(19)11-5-2-6-12(18(21)22)13(11)15(17)20/h1-7H,8H2. The molecule has 2 aromatic rings. The van der Waals surface area contributed by atoms with Crippen LogP contribution in [0.2, 0.25) is 0 Å². The van der Waals surface area contributed by atoms with Crippen molar-refractivity contribution >= 4 is 17.5 Å². The van der Waals surface area contributed by atoms with Gasteiger partial charge in [-0.25, -0.2) is 4.39 Å². The number of nitro benzene ring substituents is 1. The topological polar surface area (TPSA) is 80.5 Å². The fourth-order valence-corrected chi connectivity index (χ4v) is 2.43. The summed E-state index contributed by atoms with van der Waals surface area (Å²) in [6.07, 6.45) is 0. The molecule has 1 aliphatic rings. The molecule has 0 saturated heterocycles.